The van der Waals surface area contributed by atoms with Gasteiger partial charge in [-0.3, -0.25) is 46.3 Å². The number of phosphoric ester groups is 2. The van der Waals surface area contributed by atoms with E-state index in [1.54, 1.807) is 58.9 Å². The second-order valence-corrected chi connectivity index (χ2v) is 44.9. The molecule has 10 rings (SSSR count). The van der Waals surface area contributed by atoms with Gasteiger partial charge in [0, 0.05) is 72.5 Å². The maximum absolute atomic E-state index is 14.7. The minimum atomic E-state index is -3.60. The number of carbonyl (C=O) groups excluding carboxylic acids is 4. The van der Waals surface area contributed by atoms with Crippen LogP contribution in [0.4, 0.5) is 0 Å². The molecular weight excluding hydrogens is 1740 g/mol. The number of Topliss-reactive ketones (excluding diaryl/α,β-unsaturated/α-hetero) is 3. The molecule has 10 heterocycles. The predicted octanol–water partition coefficient (Wildman–Crippen LogP) is 18.1. The largest absolute Gasteiger partial charge is 0.474 e. The van der Waals surface area contributed by atoms with Gasteiger partial charge in [0.1, 0.15) is 29.6 Å². The first-order chi connectivity index (χ1) is 62.2. The third kappa shape index (κ3) is 25.8. The van der Waals surface area contributed by atoms with Crippen molar-refractivity contribution in [2.45, 2.75) is 464 Å². The first kappa shape index (κ1) is 113. The molecule has 0 aliphatic carbocycles. The number of esters is 1. The van der Waals surface area contributed by atoms with Gasteiger partial charge in [0.25, 0.3) is 0 Å². The van der Waals surface area contributed by atoms with E-state index in [9.17, 15) is 58.9 Å². The molecule has 8 saturated heterocycles. The first-order valence-electron chi connectivity index (χ1n) is 51.4. The predicted molar refractivity (Wildman–Crippen MR) is 499 cm³/mol. The normalized spacial score (nSPS) is 39.7. The Kier molecular flexibility index (Phi) is 41.6. The monoisotopic (exact) mass is 1920 g/mol. The Morgan fingerprint density at radius 3 is 1.17 bits per heavy atom. The molecule has 6 N–H and O–H groups in total. The maximum atomic E-state index is 14.7. The molecule has 0 aromatic carbocycles. The van der Waals surface area contributed by atoms with Gasteiger partial charge in [0.2, 0.25) is 11.6 Å². The van der Waals surface area contributed by atoms with Crippen LogP contribution in [0.1, 0.15) is 333 Å². The molecule has 0 bridgehead atoms. The van der Waals surface area contributed by atoms with Crippen LogP contribution >= 0.6 is 15.6 Å². The summed E-state index contributed by atoms with van der Waals surface area (Å²) < 4.78 is 130. The van der Waals surface area contributed by atoms with Gasteiger partial charge in [-0.1, -0.05) is 117 Å². The van der Waals surface area contributed by atoms with Gasteiger partial charge in [0.05, 0.1) is 148 Å². The maximum Gasteiger partial charge on any atom is 0.474 e. The molecule has 0 unspecified atom stereocenters. The van der Waals surface area contributed by atoms with Crippen LogP contribution in [0, 0.1) is 82.9 Å². The molecule has 0 amide bonds. The summed E-state index contributed by atoms with van der Waals surface area (Å²) in [5.41, 5.74) is -3.31. The fraction of sp³-hybridized carbons (Fsp3) is 0.921. The number of ether oxygens (including phenoxy) is 11. The first-order valence-corrected chi connectivity index (χ1v) is 54.3. The zero-order valence-corrected chi connectivity index (χ0v) is 86.6. The summed E-state index contributed by atoms with van der Waals surface area (Å²) in [5, 5.41) is 69.3. The second-order valence-electron chi connectivity index (χ2n) is 41.5. The van der Waals surface area contributed by atoms with Crippen molar-refractivity contribution in [3.05, 3.63) is 24.3 Å². The Balaban J connectivity index is 0.000000297. The van der Waals surface area contributed by atoms with E-state index in [4.69, 9.17) is 79.2 Å². The highest BCUT2D eigenvalue weighted by atomic mass is 31.2. The van der Waals surface area contributed by atoms with Gasteiger partial charge >= 0.3 is 21.6 Å². The Hall–Kier alpha value is -2.46. The average molecular weight is 1920 g/mol. The third-order valence-electron chi connectivity index (χ3n) is 32.5. The van der Waals surface area contributed by atoms with Gasteiger partial charge < -0.3 is 82.7 Å². The number of aliphatic hydroxyl groups is 6. The van der Waals surface area contributed by atoms with Crippen LogP contribution in [-0.2, 0) is 108 Å². The quantitative estimate of drug-likeness (QED) is 0.0143. The lowest BCUT2D eigenvalue weighted by molar-refractivity contribution is -0.409. The van der Waals surface area contributed by atoms with Gasteiger partial charge in [-0.15, -0.1) is 0 Å². The molecule has 31 heteroatoms. The molecule has 29 nitrogen and oxygen atoms in total. The van der Waals surface area contributed by atoms with Gasteiger partial charge in [-0.05, 0) is 245 Å². The Morgan fingerprint density at radius 2 is 0.803 bits per heavy atom. The highest BCUT2D eigenvalue weighted by Gasteiger charge is 2.66. The molecule has 132 heavy (non-hydrogen) atoms. The number of unbranched alkanes of at least 4 members (excludes halogenated alkanes) is 3. The lowest BCUT2D eigenvalue weighted by atomic mass is 9.72. The summed E-state index contributed by atoms with van der Waals surface area (Å²) in [4.78, 5) is 56.4. The summed E-state index contributed by atoms with van der Waals surface area (Å²) in [5.74, 6) is -9.77. The lowest BCUT2D eigenvalue weighted by Gasteiger charge is -2.54. The molecule has 764 valence electrons. The van der Waals surface area contributed by atoms with Gasteiger partial charge in [-0.2, -0.15) is 0 Å². The average Bonchev–Trinajstić information content (AvgIpc) is 1.52. The molecule has 10 aliphatic heterocycles. The van der Waals surface area contributed by atoms with Crippen molar-refractivity contribution in [2.24, 2.45) is 82.9 Å². The summed E-state index contributed by atoms with van der Waals surface area (Å²) in [7, 11) is -7.16. The molecule has 4 spiro atoms. The van der Waals surface area contributed by atoms with E-state index in [1.165, 1.54) is 0 Å². The van der Waals surface area contributed by atoms with E-state index in [-0.39, 0.29) is 154 Å². The van der Waals surface area contributed by atoms with Crippen LogP contribution in [-0.4, -0.2) is 231 Å². The van der Waals surface area contributed by atoms with Crippen LogP contribution in [0.15, 0.2) is 24.3 Å². The number of aliphatic hydroxyl groups excluding tert-OH is 4. The highest BCUT2D eigenvalue weighted by molar-refractivity contribution is 7.48. The van der Waals surface area contributed by atoms with Crippen molar-refractivity contribution in [2.75, 3.05) is 46.2 Å². The number of ketones is 3. The number of phosphoric acid groups is 2. The van der Waals surface area contributed by atoms with Gasteiger partial charge in [0.15, 0.2) is 11.6 Å². The fourth-order valence-corrected chi connectivity index (χ4v) is 25.9. The van der Waals surface area contributed by atoms with Crippen molar-refractivity contribution < 1.29 is 138 Å². The van der Waals surface area contributed by atoms with E-state index < -0.39 is 146 Å². The summed E-state index contributed by atoms with van der Waals surface area (Å²) in [6, 6.07) is 0. The molecular formula is C101H176O29P2. The van der Waals surface area contributed by atoms with Gasteiger partial charge in [-0.25, -0.2) is 9.13 Å². The molecule has 8 fully saturated rings. The van der Waals surface area contributed by atoms with Crippen molar-refractivity contribution in [1.82, 2.24) is 0 Å². The lowest BCUT2D eigenvalue weighted by Crippen LogP contribution is -2.63. The zero-order chi connectivity index (χ0) is 97.7. The molecule has 0 aromatic heterocycles. The third-order valence-corrected chi connectivity index (χ3v) is 35.8. The highest BCUT2D eigenvalue weighted by Crippen LogP contribution is 2.58. The number of hydrogen-bond acceptors (Lipinski definition) is 29. The van der Waals surface area contributed by atoms with E-state index >= 15 is 0 Å². The van der Waals surface area contributed by atoms with E-state index in [2.05, 4.69) is 41.5 Å². The van der Waals surface area contributed by atoms with Crippen molar-refractivity contribution in [3.8, 4) is 0 Å². The molecule has 0 radical (unpaired) electrons. The minimum Gasteiger partial charge on any atom is -0.465 e. The number of rotatable bonds is 45. The fourth-order valence-electron chi connectivity index (χ4n) is 23.5. The SMILES string of the molecule is CCOP(=O)(OCC)OCCCCCC(=O)[C@@H](CC)[C@H]1CC[C@H](C)[C@H]([C@@H](C)[C@H](O)[C@H](C)C(=O)[C@H](CC)[C@H]2O[C@]3(C=C[C@@H](O)[C@]4(CC[C@@](C)([C@H]5CC[C@](O)(CC)[C@H](C)O5)O4)O3)[C@H](C)C[C@@H]2C)O1.CCOP(=O)(OCC)OCCCCOC(=O)[C@@H](CC)[C@H]1CC[C@H](C)[C@H]([C@@H](C)[C@H](O)[C@H](C)C(=O)[C@H](CC)[C@H]2O[C@]3(C=C[C@@H](O)[C@]4(CC[C@@](C)([C@H]5CC[C@](O)(CC)[C@H](C)O5)O4)O3)[C@H](C)C[C@@H]2C)O1. The van der Waals surface area contributed by atoms with Crippen molar-refractivity contribution >= 4 is 39.0 Å². The van der Waals surface area contributed by atoms with Crippen LogP contribution in [0.5, 0.6) is 0 Å². The summed E-state index contributed by atoms with van der Waals surface area (Å²) >= 11 is 0. The summed E-state index contributed by atoms with van der Waals surface area (Å²) in [6.45, 7) is 48.0. The van der Waals surface area contributed by atoms with Crippen LogP contribution in [0.3, 0.4) is 0 Å². The molecule has 0 aromatic rings. The smallest absolute Gasteiger partial charge is 0.465 e. The second kappa shape index (κ2) is 48.5. The Morgan fingerprint density at radius 1 is 0.432 bits per heavy atom. The van der Waals surface area contributed by atoms with E-state index in [1.807, 2.05) is 90.0 Å². The van der Waals surface area contributed by atoms with Crippen LogP contribution < -0.4 is 0 Å². The minimum absolute atomic E-state index is 0.00373. The van der Waals surface area contributed by atoms with E-state index in [0.29, 0.717) is 141 Å². The van der Waals surface area contributed by atoms with Crippen LogP contribution in [0.25, 0.3) is 0 Å². The van der Waals surface area contributed by atoms with Crippen LogP contribution in [0.2, 0.25) is 0 Å². The number of carbonyl (C=O) groups is 4. The van der Waals surface area contributed by atoms with Crippen molar-refractivity contribution in [1.29, 1.82) is 0 Å². The van der Waals surface area contributed by atoms with Crippen molar-refractivity contribution in [3.63, 3.8) is 0 Å². The summed E-state index contributed by atoms with van der Waals surface area (Å²) in [6.07, 6.45) is 14.8. The molecule has 36 atom stereocenters. The number of hydrogen-bond donors (Lipinski definition) is 6. The zero-order valence-electron chi connectivity index (χ0n) is 84.8. The topological polar surface area (TPSA) is 381 Å². The van der Waals surface area contributed by atoms with E-state index in [0.717, 1.165) is 25.7 Å². The Labute approximate surface area is 790 Å². The molecule has 0 saturated carbocycles. The molecule has 10 aliphatic rings. The standard InChI is InChI=1S/C51H89O14P.C50H87O15P/c1-13-38(40(52)21-19-18-20-30-60-66(57,58-16-4)59-17-5)41-23-22-32(6)46(62-41)36(10)44(54)35(9)45(55)39(14-2)47-33(7)31-34(8)50(63-47)27-24-42(53)51(65-50)29-28-48(12,64-51)43-25-26-49(56,15-3)37(11)61-43;1-13-37(46(54)57-28-18-19-29-60-66(56,58-16-4)59-17-5)39-21-20-31(6)44(62-39)35(10)42(52)34(9)43(53)38(14-2)45-32(7)30-33(8)49(63-45)25-22-40(51)50(65-49)27-26-47(12,64-50)41-23-24-48(55,15-3)36(11)61-41/h24,27,32-39,41-44,46-47,53-54,56H,13-23,25-26,28-31H2,1-12H3;22,25,31-42,44-45,51-52,55H,13-21,23-24,26-30H2,1-12H3/t32-,33-,34+,35-,36-,37-,38+,39-,41+,42+,43+,44+,46+,47-,48-,49+,50-,51-;31-,32-,33+,34-,35-,36-,37-,38-,39+,40+,41+,42+,44+,45-,47-,48+,49-,50-/m00/s1. The Bertz CT molecular complexity index is 3540.